The lowest BCUT2D eigenvalue weighted by Crippen LogP contribution is -2.11. The second-order valence-corrected chi connectivity index (χ2v) is 4.68. The van der Waals surface area contributed by atoms with E-state index in [1.807, 2.05) is 12.1 Å². The third kappa shape index (κ3) is 3.57. The normalized spacial score (nSPS) is 15.8. The lowest BCUT2D eigenvalue weighted by Gasteiger charge is -2.10. The highest BCUT2D eigenvalue weighted by Crippen LogP contribution is 2.21. The molecule has 0 heterocycles. The molecule has 0 radical (unpaired) electrons. The number of methoxy groups -OCH3 is 1. The summed E-state index contributed by atoms with van der Waals surface area (Å²) in [6, 6.07) is 7.23. The Bertz CT molecular complexity index is 377. The van der Waals surface area contributed by atoms with Crippen molar-refractivity contribution in [2.75, 3.05) is 13.7 Å². The van der Waals surface area contributed by atoms with Crippen molar-refractivity contribution in [3.63, 3.8) is 0 Å². The lowest BCUT2D eigenvalue weighted by molar-refractivity contribution is 0.0531. The molecule has 1 aromatic rings. The summed E-state index contributed by atoms with van der Waals surface area (Å²) in [6.07, 6.45) is 5.67. The van der Waals surface area contributed by atoms with E-state index >= 15 is 0 Å². The van der Waals surface area contributed by atoms with E-state index in [9.17, 15) is 4.79 Å². The van der Waals surface area contributed by atoms with Crippen LogP contribution in [-0.2, 0) is 4.74 Å². The van der Waals surface area contributed by atoms with Crippen LogP contribution in [0.15, 0.2) is 24.3 Å². The number of ketones is 1. The maximum atomic E-state index is 11.9. The van der Waals surface area contributed by atoms with Gasteiger partial charge in [0, 0.05) is 12.0 Å². The van der Waals surface area contributed by atoms with Gasteiger partial charge in [0.25, 0.3) is 0 Å². The van der Waals surface area contributed by atoms with Crippen molar-refractivity contribution in [3.05, 3.63) is 29.8 Å². The summed E-state index contributed by atoms with van der Waals surface area (Å²) in [5.41, 5.74) is 0.728. The van der Waals surface area contributed by atoms with E-state index in [1.165, 1.54) is 12.8 Å². The maximum absolute atomic E-state index is 11.9. The average molecular weight is 248 g/mol. The summed E-state index contributed by atoms with van der Waals surface area (Å²) in [7, 11) is 1.62. The average Bonchev–Trinajstić information content (AvgIpc) is 2.92. The quantitative estimate of drug-likeness (QED) is 0.725. The minimum Gasteiger partial charge on any atom is -0.497 e. The van der Waals surface area contributed by atoms with Crippen LogP contribution in [0.4, 0.5) is 0 Å². The van der Waals surface area contributed by atoms with Gasteiger partial charge in [-0.1, -0.05) is 12.8 Å². The zero-order valence-electron chi connectivity index (χ0n) is 10.9. The molecule has 2 rings (SSSR count). The largest absolute Gasteiger partial charge is 0.497 e. The Labute approximate surface area is 108 Å². The molecule has 0 amide bonds. The molecule has 0 aliphatic heterocycles. The SMILES string of the molecule is COc1ccc(C(=O)CCOC2CCCC2)cc1. The summed E-state index contributed by atoms with van der Waals surface area (Å²) < 4.78 is 10.8. The number of Topliss-reactive ketones (excluding diaryl/α,β-unsaturated/α-hetero) is 1. The van der Waals surface area contributed by atoms with Crippen LogP contribution in [0.25, 0.3) is 0 Å². The molecule has 1 saturated carbocycles. The van der Waals surface area contributed by atoms with Crippen molar-refractivity contribution in [1.82, 2.24) is 0 Å². The minimum atomic E-state index is 0.135. The first-order chi connectivity index (χ1) is 8.79. The lowest BCUT2D eigenvalue weighted by atomic mass is 10.1. The molecule has 98 valence electrons. The summed E-state index contributed by atoms with van der Waals surface area (Å²) in [4.78, 5) is 11.9. The fourth-order valence-corrected chi connectivity index (χ4v) is 2.29. The van der Waals surface area contributed by atoms with Crippen molar-refractivity contribution in [2.45, 2.75) is 38.2 Å². The van der Waals surface area contributed by atoms with Gasteiger partial charge < -0.3 is 9.47 Å². The number of carbonyl (C=O) groups is 1. The Balaban J connectivity index is 1.76. The Hall–Kier alpha value is -1.35. The fourth-order valence-electron chi connectivity index (χ4n) is 2.29. The third-order valence-electron chi connectivity index (χ3n) is 3.40. The number of hydrogen-bond acceptors (Lipinski definition) is 3. The van der Waals surface area contributed by atoms with E-state index in [0.29, 0.717) is 19.1 Å². The molecule has 0 N–H and O–H groups in total. The molecule has 1 aromatic carbocycles. The zero-order valence-corrected chi connectivity index (χ0v) is 10.9. The molecule has 1 aliphatic carbocycles. The van der Waals surface area contributed by atoms with Crippen molar-refractivity contribution >= 4 is 5.78 Å². The van der Waals surface area contributed by atoms with Gasteiger partial charge in [0.15, 0.2) is 5.78 Å². The summed E-state index contributed by atoms with van der Waals surface area (Å²) in [6.45, 7) is 0.537. The van der Waals surface area contributed by atoms with Gasteiger partial charge in [-0.2, -0.15) is 0 Å². The fraction of sp³-hybridized carbons (Fsp3) is 0.533. The number of benzene rings is 1. The van der Waals surface area contributed by atoms with Crippen LogP contribution in [-0.4, -0.2) is 25.6 Å². The van der Waals surface area contributed by atoms with E-state index in [2.05, 4.69) is 0 Å². The summed E-state index contributed by atoms with van der Waals surface area (Å²) in [5, 5.41) is 0. The summed E-state index contributed by atoms with van der Waals surface area (Å²) in [5.74, 6) is 0.907. The third-order valence-corrected chi connectivity index (χ3v) is 3.40. The van der Waals surface area contributed by atoms with E-state index in [1.54, 1.807) is 19.2 Å². The van der Waals surface area contributed by atoms with Gasteiger partial charge in [-0.3, -0.25) is 4.79 Å². The predicted octanol–water partition coefficient (Wildman–Crippen LogP) is 3.23. The standard InChI is InChI=1S/C15H20O3/c1-17-13-8-6-12(7-9-13)15(16)10-11-18-14-4-2-3-5-14/h6-9,14H,2-5,10-11H2,1H3. The molecule has 0 unspecified atom stereocenters. The van der Waals surface area contributed by atoms with Gasteiger partial charge in [0.1, 0.15) is 5.75 Å². The van der Waals surface area contributed by atoms with Crippen LogP contribution in [0, 0.1) is 0 Å². The maximum Gasteiger partial charge on any atom is 0.165 e. The van der Waals surface area contributed by atoms with E-state index in [-0.39, 0.29) is 5.78 Å². The van der Waals surface area contributed by atoms with Gasteiger partial charge in [0.2, 0.25) is 0 Å². The smallest absolute Gasteiger partial charge is 0.165 e. The first kappa shape index (κ1) is 13.1. The summed E-state index contributed by atoms with van der Waals surface area (Å²) >= 11 is 0. The Morgan fingerprint density at radius 3 is 2.50 bits per heavy atom. The predicted molar refractivity (Wildman–Crippen MR) is 70.1 cm³/mol. The van der Waals surface area contributed by atoms with Gasteiger partial charge >= 0.3 is 0 Å². The van der Waals surface area contributed by atoms with Crippen molar-refractivity contribution in [1.29, 1.82) is 0 Å². The number of hydrogen-bond donors (Lipinski definition) is 0. The van der Waals surface area contributed by atoms with Crippen molar-refractivity contribution < 1.29 is 14.3 Å². The topological polar surface area (TPSA) is 35.5 Å². The minimum absolute atomic E-state index is 0.135. The first-order valence-electron chi connectivity index (χ1n) is 6.58. The molecule has 0 saturated heterocycles. The molecule has 0 bridgehead atoms. The molecule has 1 fully saturated rings. The highest BCUT2D eigenvalue weighted by molar-refractivity contribution is 5.96. The van der Waals surface area contributed by atoms with Crippen LogP contribution in [0.1, 0.15) is 42.5 Å². The highest BCUT2D eigenvalue weighted by Gasteiger charge is 2.15. The van der Waals surface area contributed by atoms with Crippen molar-refractivity contribution in [2.24, 2.45) is 0 Å². The Morgan fingerprint density at radius 2 is 1.89 bits per heavy atom. The Morgan fingerprint density at radius 1 is 1.22 bits per heavy atom. The highest BCUT2D eigenvalue weighted by atomic mass is 16.5. The molecular formula is C15H20O3. The first-order valence-corrected chi connectivity index (χ1v) is 6.58. The van der Waals surface area contributed by atoms with Crippen LogP contribution >= 0.6 is 0 Å². The monoisotopic (exact) mass is 248 g/mol. The second-order valence-electron chi connectivity index (χ2n) is 4.68. The van der Waals surface area contributed by atoms with Crippen LogP contribution < -0.4 is 4.74 Å². The van der Waals surface area contributed by atoms with Crippen LogP contribution in [0.3, 0.4) is 0 Å². The van der Waals surface area contributed by atoms with Gasteiger partial charge in [-0.25, -0.2) is 0 Å². The molecule has 0 atom stereocenters. The molecule has 3 heteroatoms. The molecular weight excluding hydrogens is 228 g/mol. The molecule has 0 spiro atoms. The molecule has 1 aliphatic rings. The molecule has 18 heavy (non-hydrogen) atoms. The second kappa shape index (κ2) is 6.55. The van der Waals surface area contributed by atoms with Crippen molar-refractivity contribution in [3.8, 4) is 5.75 Å². The van der Waals surface area contributed by atoms with Gasteiger partial charge in [0.05, 0.1) is 19.8 Å². The molecule has 3 nitrogen and oxygen atoms in total. The van der Waals surface area contributed by atoms with Crippen LogP contribution in [0.5, 0.6) is 5.75 Å². The number of carbonyl (C=O) groups excluding carboxylic acids is 1. The van der Waals surface area contributed by atoms with E-state index < -0.39 is 0 Å². The van der Waals surface area contributed by atoms with E-state index in [0.717, 1.165) is 24.2 Å². The van der Waals surface area contributed by atoms with Crippen LogP contribution in [0.2, 0.25) is 0 Å². The number of ether oxygens (including phenoxy) is 2. The zero-order chi connectivity index (χ0) is 12.8. The number of rotatable bonds is 6. The van der Waals surface area contributed by atoms with E-state index in [4.69, 9.17) is 9.47 Å². The van der Waals surface area contributed by atoms with Gasteiger partial charge in [-0.15, -0.1) is 0 Å². The molecule has 0 aromatic heterocycles. The Kier molecular flexibility index (Phi) is 4.76. The van der Waals surface area contributed by atoms with Gasteiger partial charge in [-0.05, 0) is 37.1 Å².